The summed E-state index contributed by atoms with van der Waals surface area (Å²) in [5, 5.41) is 9.13. The van der Waals surface area contributed by atoms with E-state index in [0.29, 0.717) is 18.8 Å². The van der Waals surface area contributed by atoms with Crippen molar-refractivity contribution < 1.29 is 14.7 Å². The van der Waals surface area contributed by atoms with Gasteiger partial charge >= 0.3 is 12.0 Å². The van der Waals surface area contributed by atoms with Gasteiger partial charge in [-0.25, -0.2) is 9.59 Å². The fourth-order valence-corrected chi connectivity index (χ4v) is 2.99. The SMILES string of the molecule is CCCCCN(C)C(=O)N1CCSCC1C(=O)O. The number of hydrogen-bond acceptors (Lipinski definition) is 3. The van der Waals surface area contributed by atoms with Gasteiger partial charge in [0.05, 0.1) is 0 Å². The normalized spacial score (nSPS) is 19.7. The van der Waals surface area contributed by atoms with Crippen LogP contribution in [0, 0.1) is 0 Å². The zero-order valence-electron chi connectivity index (χ0n) is 11.1. The van der Waals surface area contributed by atoms with Crippen molar-refractivity contribution >= 4 is 23.8 Å². The molecule has 0 bridgehead atoms. The minimum atomic E-state index is -0.905. The van der Waals surface area contributed by atoms with Crippen LogP contribution in [0.15, 0.2) is 0 Å². The molecule has 0 radical (unpaired) electrons. The van der Waals surface area contributed by atoms with Crippen LogP contribution in [0.1, 0.15) is 26.2 Å². The molecular weight excluding hydrogens is 252 g/mol. The molecule has 1 rings (SSSR count). The number of carbonyl (C=O) groups excluding carboxylic acids is 1. The first-order chi connectivity index (χ1) is 8.57. The molecule has 0 aromatic rings. The van der Waals surface area contributed by atoms with Crippen molar-refractivity contribution in [2.45, 2.75) is 32.2 Å². The van der Waals surface area contributed by atoms with Gasteiger partial charge in [0, 0.05) is 31.6 Å². The lowest BCUT2D eigenvalue weighted by Crippen LogP contribution is -2.54. The Morgan fingerprint density at radius 1 is 1.44 bits per heavy atom. The molecule has 18 heavy (non-hydrogen) atoms. The minimum absolute atomic E-state index is 0.154. The number of rotatable bonds is 5. The monoisotopic (exact) mass is 274 g/mol. The second-order valence-electron chi connectivity index (χ2n) is 4.53. The Labute approximate surface area is 113 Å². The molecule has 1 atom stereocenters. The summed E-state index contributed by atoms with van der Waals surface area (Å²) < 4.78 is 0. The van der Waals surface area contributed by atoms with Crippen molar-refractivity contribution in [3.05, 3.63) is 0 Å². The van der Waals surface area contributed by atoms with E-state index in [2.05, 4.69) is 6.92 Å². The topological polar surface area (TPSA) is 60.9 Å². The highest BCUT2D eigenvalue weighted by Crippen LogP contribution is 2.18. The lowest BCUT2D eigenvalue weighted by Gasteiger charge is -2.35. The standard InChI is InChI=1S/C12H22N2O3S/c1-3-4-5-6-13(2)12(17)14-7-8-18-9-10(14)11(15)16/h10H,3-9H2,1-2H3,(H,15,16). The maximum absolute atomic E-state index is 12.2. The highest BCUT2D eigenvalue weighted by atomic mass is 32.2. The second kappa shape index (κ2) is 7.51. The molecule has 1 aliphatic heterocycles. The number of thioether (sulfide) groups is 1. The summed E-state index contributed by atoms with van der Waals surface area (Å²) in [6, 6.07) is -0.830. The van der Waals surface area contributed by atoms with Crippen LogP contribution in [0.3, 0.4) is 0 Å². The quantitative estimate of drug-likeness (QED) is 0.776. The van der Waals surface area contributed by atoms with Gasteiger partial charge in [0.25, 0.3) is 0 Å². The first kappa shape index (κ1) is 15.1. The summed E-state index contributed by atoms with van der Waals surface area (Å²) in [4.78, 5) is 26.4. The zero-order chi connectivity index (χ0) is 13.5. The number of aliphatic carboxylic acids is 1. The maximum Gasteiger partial charge on any atom is 0.327 e. The Balaban J connectivity index is 2.54. The largest absolute Gasteiger partial charge is 0.480 e. The fourth-order valence-electron chi connectivity index (χ4n) is 1.95. The third kappa shape index (κ3) is 4.08. The van der Waals surface area contributed by atoms with Crippen molar-refractivity contribution in [2.75, 3.05) is 31.6 Å². The van der Waals surface area contributed by atoms with E-state index < -0.39 is 12.0 Å². The van der Waals surface area contributed by atoms with Gasteiger partial charge in [-0.3, -0.25) is 0 Å². The molecule has 1 unspecified atom stereocenters. The van der Waals surface area contributed by atoms with E-state index >= 15 is 0 Å². The molecule has 5 nitrogen and oxygen atoms in total. The van der Waals surface area contributed by atoms with Crippen molar-refractivity contribution in [1.29, 1.82) is 0 Å². The van der Waals surface area contributed by atoms with Crippen molar-refractivity contribution in [3.63, 3.8) is 0 Å². The Kier molecular flexibility index (Phi) is 6.32. The smallest absolute Gasteiger partial charge is 0.327 e. The Hall–Kier alpha value is -0.910. The lowest BCUT2D eigenvalue weighted by atomic mass is 10.2. The third-order valence-electron chi connectivity index (χ3n) is 3.08. The van der Waals surface area contributed by atoms with Crippen LogP contribution in [-0.2, 0) is 4.79 Å². The van der Waals surface area contributed by atoms with E-state index in [1.165, 1.54) is 4.90 Å². The number of nitrogens with zero attached hydrogens (tertiary/aromatic N) is 2. The number of unbranched alkanes of at least 4 members (excludes halogenated alkanes) is 2. The predicted octanol–water partition coefficient (Wildman–Crippen LogP) is 1.73. The number of carbonyl (C=O) groups is 2. The molecule has 2 amide bonds. The number of hydrogen-bond donors (Lipinski definition) is 1. The van der Waals surface area contributed by atoms with Crippen LogP contribution < -0.4 is 0 Å². The van der Waals surface area contributed by atoms with Gasteiger partial charge in [0.2, 0.25) is 0 Å². The van der Waals surface area contributed by atoms with Crippen molar-refractivity contribution in [1.82, 2.24) is 9.80 Å². The molecule has 6 heteroatoms. The molecule has 1 aliphatic rings. The molecule has 0 aromatic heterocycles. The number of amides is 2. The predicted molar refractivity (Wildman–Crippen MR) is 73.0 cm³/mol. The van der Waals surface area contributed by atoms with Crippen LogP contribution in [0.2, 0.25) is 0 Å². The fraction of sp³-hybridized carbons (Fsp3) is 0.833. The first-order valence-electron chi connectivity index (χ1n) is 6.40. The number of carboxylic acid groups (broad SMARTS) is 1. The molecule has 0 aliphatic carbocycles. The van der Waals surface area contributed by atoms with E-state index in [1.54, 1.807) is 23.7 Å². The van der Waals surface area contributed by atoms with E-state index in [4.69, 9.17) is 5.11 Å². The first-order valence-corrected chi connectivity index (χ1v) is 7.55. The molecule has 0 spiro atoms. The lowest BCUT2D eigenvalue weighted by molar-refractivity contribution is -0.141. The molecule has 1 heterocycles. The summed E-state index contributed by atoms with van der Waals surface area (Å²) >= 11 is 1.59. The molecular formula is C12H22N2O3S. The van der Waals surface area contributed by atoms with Gasteiger partial charge in [-0.15, -0.1) is 0 Å². The highest BCUT2D eigenvalue weighted by molar-refractivity contribution is 7.99. The number of carboxylic acids is 1. The Morgan fingerprint density at radius 2 is 2.17 bits per heavy atom. The van der Waals surface area contributed by atoms with Crippen LogP contribution in [0.4, 0.5) is 4.79 Å². The van der Waals surface area contributed by atoms with Crippen molar-refractivity contribution in [3.8, 4) is 0 Å². The number of urea groups is 1. The van der Waals surface area contributed by atoms with E-state index in [1.807, 2.05) is 0 Å². The maximum atomic E-state index is 12.2. The highest BCUT2D eigenvalue weighted by Gasteiger charge is 2.33. The van der Waals surface area contributed by atoms with E-state index in [-0.39, 0.29) is 6.03 Å². The average Bonchev–Trinajstić information content (AvgIpc) is 2.38. The summed E-state index contributed by atoms with van der Waals surface area (Å²) in [6.45, 7) is 3.34. The zero-order valence-corrected chi connectivity index (χ0v) is 11.9. The minimum Gasteiger partial charge on any atom is -0.480 e. The van der Waals surface area contributed by atoms with Crippen LogP contribution >= 0.6 is 11.8 Å². The van der Waals surface area contributed by atoms with Crippen molar-refractivity contribution in [2.24, 2.45) is 0 Å². The molecule has 0 aromatic carbocycles. The van der Waals surface area contributed by atoms with Gasteiger partial charge in [-0.2, -0.15) is 11.8 Å². The van der Waals surface area contributed by atoms with Crippen LogP contribution in [0.5, 0.6) is 0 Å². The Bertz CT molecular complexity index is 299. The van der Waals surface area contributed by atoms with E-state index in [0.717, 1.165) is 25.0 Å². The van der Waals surface area contributed by atoms with Gasteiger partial charge < -0.3 is 14.9 Å². The third-order valence-corrected chi connectivity index (χ3v) is 4.11. The van der Waals surface area contributed by atoms with Gasteiger partial charge in [-0.1, -0.05) is 19.8 Å². The summed E-state index contributed by atoms with van der Waals surface area (Å²) in [6.07, 6.45) is 3.18. The second-order valence-corrected chi connectivity index (χ2v) is 5.68. The summed E-state index contributed by atoms with van der Waals surface area (Å²) in [7, 11) is 1.75. The molecule has 0 saturated carbocycles. The van der Waals surface area contributed by atoms with Gasteiger partial charge in [0.15, 0.2) is 0 Å². The van der Waals surface area contributed by atoms with E-state index in [9.17, 15) is 9.59 Å². The average molecular weight is 274 g/mol. The van der Waals surface area contributed by atoms with Gasteiger partial charge in [-0.05, 0) is 6.42 Å². The van der Waals surface area contributed by atoms with Crippen LogP contribution in [-0.4, -0.2) is 64.6 Å². The summed E-state index contributed by atoms with van der Waals surface area (Å²) in [5.74, 6) is 0.403. The molecule has 1 N–H and O–H groups in total. The molecule has 1 fully saturated rings. The molecule has 104 valence electrons. The van der Waals surface area contributed by atoms with Crippen LogP contribution in [0.25, 0.3) is 0 Å². The Morgan fingerprint density at radius 3 is 2.78 bits per heavy atom. The summed E-state index contributed by atoms with van der Waals surface area (Å²) in [5.41, 5.74) is 0. The molecule has 1 saturated heterocycles. The van der Waals surface area contributed by atoms with Gasteiger partial charge in [0.1, 0.15) is 6.04 Å².